The molecule has 2 radical (unpaired) electrons. The average molecular weight is 791 g/mol. The molecule has 4 aromatic rings. The lowest BCUT2D eigenvalue weighted by molar-refractivity contribution is -0.140. The van der Waals surface area contributed by atoms with E-state index in [9.17, 15) is 29.0 Å². The van der Waals surface area contributed by atoms with E-state index < -0.39 is 37.0 Å². The number of benzene rings is 4. The summed E-state index contributed by atoms with van der Waals surface area (Å²) in [4.78, 5) is 72.7. The van der Waals surface area contributed by atoms with Crippen molar-refractivity contribution in [3.8, 4) is 11.8 Å². The van der Waals surface area contributed by atoms with Gasteiger partial charge in [0.1, 0.15) is 24.2 Å². The van der Waals surface area contributed by atoms with Crippen molar-refractivity contribution in [2.24, 2.45) is 0 Å². The first-order chi connectivity index (χ1) is 28.4. The van der Waals surface area contributed by atoms with Crippen LogP contribution in [0.15, 0.2) is 109 Å². The molecule has 59 heavy (non-hydrogen) atoms. The molecule has 14 heteroatoms. The molecule has 0 bridgehead atoms. The monoisotopic (exact) mass is 790 g/mol. The maximum Gasteiger partial charge on any atom is 0.377 e. The lowest BCUT2D eigenvalue weighted by Gasteiger charge is -2.34. The number of amides is 5. The SMILES string of the molecule is [B]C(=O)N(C)[C@@H](Cc1ccccc1)C(=O)N1CCC[C@H]1C(=O)Nc1ccc(C#Cc2ccc(NC(=O)[C@@H]3CCCN3C(=O)[C@H](c3ccccc3)N(C)B(C)O)cc2)cc1. The number of likely N-dealkylation sites (tertiary alicyclic amines) is 2. The number of carbonyl (C=O) groups excluding carboxylic acids is 5. The molecule has 0 saturated carbocycles. The topological polar surface area (TPSA) is 143 Å². The molecule has 0 aromatic heterocycles. The Morgan fingerprint density at radius 3 is 1.64 bits per heavy atom. The van der Waals surface area contributed by atoms with E-state index in [4.69, 9.17) is 7.85 Å². The zero-order valence-electron chi connectivity index (χ0n) is 33.6. The van der Waals surface area contributed by atoms with Gasteiger partial charge in [0.05, 0.1) is 0 Å². The van der Waals surface area contributed by atoms with Crippen LogP contribution >= 0.6 is 0 Å². The van der Waals surface area contributed by atoms with Crippen LogP contribution in [0.1, 0.15) is 54.0 Å². The molecule has 3 N–H and O–H groups in total. The highest BCUT2D eigenvalue weighted by atomic mass is 16.2. The summed E-state index contributed by atoms with van der Waals surface area (Å²) in [6, 6.07) is 30.0. The van der Waals surface area contributed by atoms with Gasteiger partial charge in [0.25, 0.3) is 0 Å². The number of nitrogens with zero attached hydrogens (tertiary/aromatic N) is 4. The second-order valence-electron chi connectivity index (χ2n) is 15.0. The normalized spacial score (nSPS) is 17.0. The Balaban J connectivity index is 1.04. The van der Waals surface area contributed by atoms with Gasteiger partial charge in [0.15, 0.2) is 5.81 Å². The fraction of sp³-hybridized carbons (Fsp3) is 0.311. The molecule has 5 amide bonds. The third kappa shape index (κ3) is 10.5. The van der Waals surface area contributed by atoms with Gasteiger partial charge in [-0.05, 0) is 99.2 Å². The fourth-order valence-electron chi connectivity index (χ4n) is 7.61. The summed E-state index contributed by atoms with van der Waals surface area (Å²) in [6.07, 6.45) is 2.66. The minimum Gasteiger partial charge on any atom is -0.437 e. The van der Waals surface area contributed by atoms with Crippen molar-refractivity contribution in [1.82, 2.24) is 19.5 Å². The number of hydrogen-bond acceptors (Lipinski definition) is 7. The second-order valence-corrected chi connectivity index (χ2v) is 15.0. The summed E-state index contributed by atoms with van der Waals surface area (Å²) in [6.45, 7) is 2.46. The minimum atomic E-state index is -0.869. The molecule has 2 fully saturated rings. The predicted octanol–water partition coefficient (Wildman–Crippen LogP) is 4.56. The Bertz CT molecular complexity index is 2180. The number of carbonyl (C=O) groups is 5. The highest BCUT2D eigenvalue weighted by molar-refractivity contribution is 6.57. The predicted molar refractivity (Wildman–Crippen MR) is 229 cm³/mol. The number of anilines is 2. The van der Waals surface area contributed by atoms with Crippen molar-refractivity contribution in [3.05, 3.63) is 131 Å². The van der Waals surface area contributed by atoms with Crippen LogP contribution < -0.4 is 10.6 Å². The molecule has 0 spiro atoms. The molecule has 2 aliphatic heterocycles. The van der Waals surface area contributed by atoms with E-state index in [1.54, 1.807) is 77.0 Å². The van der Waals surface area contributed by atoms with Crippen LogP contribution in [-0.2, 0) is 25.6 Å². The van der Waals surface area contributed by atoms with Crippen LogP contribution in [-0.4, -0.2) is 114 Å². The molecular formula is C45H48B2N6O6. The molecule has 2 aliphatic rings. The highest BCUT2D eigenvalue weighted by Gasteiger charge is 2.41. The maximum atomic E-state index is 13.9. The summed E-state index contributed by atoms with van der Waals surface area (Å²) in [5.74, 6) is 4.39. The van der Waals surface area contributed by atoms with Gasteiger partial charge in [-0.3, -0.25) is 24.0 Å². The van der Waals surface area contributed by atoms with Gasteiger partial charge < -0.3 is 35.2 Å². The number of likely N-dealkylation sites (N-methyl/N-ethyl adjacent to an activating group) is 2. The summed E-state index contributed by atoms with van der Waals surface area (Å²) in [5, 5.41) is 16.2. The maximum absolute atomic E-state index is 13.9. The molecule has 6 rings (SSSR count). The van der Waals surface area contributed by atoms with Crippen LogP contribution in [0.5, 0.6) is 0 Å². The lowest BCUT2D eigenvalue weighted by Crippen LogP contribution is -2.53. The van der Waals surface area contributed by atoms with Crippen LogP contribution in [0.3, 0.4) is 0 Å². The lowest BCUT2D eigenvalue weighted by atomic mass is 9.82. The first kappa shape index (κ1) is 42.4. The Morgan fingerprint density at radius 2 is 1.19 bits per heavy atom. The Hall–Kier alpha value is -6.16. The van der Waals surface area contributed by atoms with Crippen molar-refractivity contribution in [1.29, 1.82) is 0 Å². The number of hydrogen-bond donors (Lipinski definition) is 3. The Morgan fingerprint density at radius 1 is 0.729 bits per heavy atom. The van der Waals surface area contributed by atoms with Crippen molar-refractivity contribution in [2.45, 2.75) is 63.1 Å². The number of rotatable bonds is 12. The molecular weight excluding hydrogens is 742 g/mol. The minimum absolute atomic E-state index is 0.231. The molecule has 4 aromatic carbocycles. The third-order valence-corrected chi connectivity index (χ3v) is 11.1. The molecule has 0 unspecified atom stereocenters. The van der Waals surface area contributed by atoms with Crippen LogP contribution in [0, 0.1) is 11.8 Å². The van der Waals surface area contributed by atoms with Gasteiger partial charge in [0.2, 0.25) is 31.5 Å². The van der Waals surface area contributed by atoms with Crippen molar-refractivity contribution in [2.75, 3.05) is 37.8 Å². The molecule has 300 valence electrons. The van der Waals surface area contributed by atoms with Crippen molar-refractivity contribution in [3.63, 3.8) is 0 Å². The van der Waals surface area contributed by atoms with E-state index in [2.05, 4.69) is 22.5 Å². The zero-order valence-corrected chi connectivity index (χ0v) is 33.6. The molecule has 12 nitrogen and oxygen atoms in total. The first-order valence-corrected chi connectivity index (χ1v) is 19.9. The largest absolute Gasteiger partial charge is 0.437 e. The van der Waals surface area contributed by atoms with E-state index >= 15 is 0 Å². The Kier molecular flexibility index (Phi) is 14.0. The summed E-state index contributed by atoms with van der Waals surface area (Å²) >= 11 is 0. The van der Waals surface area contributed by atoms with Crippen LogP contribution in [0.25, 0.3) is 0 Å². The van der Waals surface area contributed by atoms with Crippen LogP contribution in [0.2, 0.25) is 6.82 Å². The van der Waals surface area contributed by atoms with Gasteiger partial charge in [-0.25, -0.2) is 0 Å². The van der Waals surface area contributed by atoms with Crippen LogP contribution in [0.4, 0.5) is 16.2 Å². The van der Waals surface area contributed by atoms with Gasteiger partial charge in [-0.2, -0.15) is 0 Å². The van der Waals surface area contributed by atoms with E-state index in [1.807, 2.05) is 60.7 Å². The first-order valence-electron chi connectivity index (χ1n) is 19.9. The molecule has 2 saturated heterocycles. The summed E-state index contributed by atoms with van der Waals surface area (Å²) in [7, 11) is 7.90. The summed E-state index contributed by atoms with van der Waals surface area (Å²) < 4.78 is 0. The van der Waals surface area contributed by atoms with Gasteiger partial charge in [-0.1, -0.05) is 72.5 Å². The zero-order chi connectivity index (χ0) is 42.1. The van der Waals surface area contributed by atoms with Gasteiger partial charge in [0, 0.05) is 49.1 Å². The van der Waals surface area contributed by atoms with E-state index in [0.29, 0.717) is 50.1 Å². The van der Waals surface area contributed by atoms with E-state index in [1.165, 1.54) is 11.9 Å². The Labute approximate surface area is 347 Å². The quantitative estimate of drug-likeness (QED) is 0.141. The van der Waals surface area contributed by atoms with Gasteiger partial charge >= 0.3 is 7.05 Å². The van der Waals surface area contributed by atoms with Crippen molar-refractivity contribution >= 4 is 55.7 Å². The standard InChI is InChI=1S/C45H48B2N6O6/c1-47(59)51(3)40(34-14-8-5-9-15-34)44(57)53-29-11-17-38(53)42(55)49-36-26-22-32(23-27-36)19-18-31-20-24-35(25-21-31)48-41(54)37-16-10-28-52(37)43(56)39(50(2)45(46)58)30-33-12-6-4-7-13-33/h4-9,12-15,20-27,37-40,59H,10-11,16-17,28-30H2,1-3H3,(H,48,54)(H,49,55)/t37-,38-,39-,40-/m0/s1. The number of nitrogens with one attached hydrogen (secondary N) is 2. The average Bonchev–Trinajstić information content (AvgIpc) is 3.95. The second kappa shape index (κ2) is 19.5. The smallest absolute Gasteiger partial charge is 0.377 e. The van der Waals surface area contributed by atoms with Gasteiger partial charge in [-0.15, -0.1) is 0 Å². The fourth-order valence-corrected chi connectivity index (χ4v) is 7.61. The van der Waals surface area contributed by atoms with E-state index in [0.717, 1.165) is 22.3 Å². The molecule has 2 heterocycles. The summed E-state index contributed by atoms with van der Waals surface area (Å²) in [5.41, 5.74) is 4.20. The highest BCUT2D eigenvalue weighted by Crippen LogP contribution is 2.29. The third-order valence-electron chi connectivity index (χ3n) is 11.1. The molecule has 4 atom stereocenters. The van der Waals surface area contributed by atoms with Crippen molar-refractivity contribution < 1.29 is 29.0 Å². The van der Waals surface area contributed by atoms with E-state index in [-0.39, 0.29) is 30.0 Å². The molecule has 0 aliphatic carbocycles.